The standard InChI is InChI=1S/C23H21N5OS/c1-16-10-11-18(13-17(16)2)22-26-27-23(28(22)20-8-4-3-5-9-20)30-15-21(29)25-19-7-6-12-24-14-19/h3-14H,15H2,1-2H3,(H,25,29). The summed E-state index contributed by atoms with van der Waals surface area (Å²) in [5, 5.41) is 12.3. The van der Waals surface area contributed by atoms with Crippen molar-refractivity contribution in [1.82, 2.24) is 19.7 Å². The monoisotopic (exact) mass is 415 g/mol. The fraction of sp³-hybridized carbons (Fsp3) is 0.130. The number of thioether (sulfide) groups is 1. The lowest BCUT2D eigenvalue weighted by atomic mass is 10.1. The Bertz CT molecular complexity index is 1160. The molecule has 0 bridgehead atoms. The van der Waals surface area contributed by atoms with Crippen molar-refractivity contribution >= 4 is 23.4 Å². The molecule has 150 valence electrons. The molecule has 1 N–H and O–H groups in total. The molecule has 6 nitrogen and oxygen atoms in total. The van der Waals surface area contributed by atoms with E-state index in [4.69, 9.17) is 0 Å². The molecule has 2 heterocycles. The van der Waals surface area contributed by atoms with Gasteiger partial charge in [-0.05, 0) is 55.3 Å². The zero-order valence-electron chi connectivity index (χ0n) is 16.7. The average Bonchev–Trinajstić information content (AvgIpc) is 3.19. The van der Waals surface area contributed by atoms with Crippen LogP contribution in [0.2, 0.25) is 0 Å². The van der Waals surface area contributed by atoms with Crippen LogP contribution in [0.4, 0.5) is 5.69 Å². The molecule has 0 atom stereocenters. The van der Waals surface area contributed by atoms with Crippen LogP contribution in [0.5, 0.6) is 0 Å². The van der Waals surface area contributed by atoms with Crippen molar-refractivity contribution in [3.05, 3.63) is 84.2 Å². The van der Waals surface area contributed by atoms with E-state index in [-0.39, 0.29) is 11.7 Å². The summed E-state index contributed by atoms with van der Waals surface area (Å²) in [5.41, 5.74) is 5.03. The number of pyridine rings is 1. The number of aryl methyl sites for hydroxylation is 2. The van der Waals surface area contributed by atoms with E-state index in [2.05, 4.69) is 52.5 Å². The fourth-order valence-electron chi connectivity index (χ4n) is 3.00. The second-order valence-electron chi connectivity index (χ2n) is 6.85. The van der Waals surface area contributed by atoms with E-state index in [0.717, 1.165) is 17.1 Å². The molecule has 0 fully saturated rings. The Morgan fingerprint density at radius 2 is 1.83 bits per heavy atom. The zero-order valence-corrected chi connectivity index (χ0v) is 17.6. The third kappa shape index (κ3) is 4.41. The van der Waals surface area contributed by atoms with Gasteiger partial charge in [-0.1, -0.05) is 42.1 Å². The molecule has 0 spiro atoms. The first-order valence-electron chi connectivity index (χ1n) is 9.53. The van der Waals surface area contributed by atoms with Crippen molar-refractivity contribution < 1.29 is 4.79 Å². The molecule has 1 amide bonds. The largest absolute Gasteiger partial charge is 0.324 e. The maximum Gasteiger partial charge on any atom is 0.234 e. The van der Waals surface area contributed by atoms with E-state index < -0.39 is 0 Å². The number of hydrogen-bond donors (Lipinski definition) is 1. The predicted octanol–water partition coefficient (Wildman–Crippen LogP) is 4.68. The van der Waals surface area contributed by atoms with E-state index in [0.29, 0.717) is 10.8 Å². The summed E-state index contributed by atoms with van der Waals surface area (Å²) in [6.45, 7) is 4.17. The lowest BCUT2D eigenvalue weighted by Crippen LogP contribution is -2.14. The van der Waals surface area contributed by atoms with Gasteiger partial charge < -0.3 is 5.32 Å². The minimum atomic E-state index is -0.122. The van der Waals surface area contributed by atoms with Gasteiger partial charge in [0.1, 0.15) is 0 Å². The molecule has 0 radical (unpaired) electrons. The molecule has 4 rings (SSSR count). The van der Waals surface area contributed by atoms with E-state index >= 15 is 0 Å². The topological polar surface area (TPSA) is 72.7 Å². The number of nitrogens with one attached hydrogen (secondary N) is 1. The van der Waals surface area contributed by atoms with Crippen LogP contribution in [0.25, 0.3) is 17.1 Å². The maximum atomic E-state index is 12.4. The van der Waals surface area contributed by atoms with E-state index in [9.17, 15) is 4.79 Å². The summed E-state index contributed by atoms with van der Waals surface area (Å²) >= 11 is 1.35. The first kappa shape index (κ1) is 19.8. The number of hydrogen-bond acceptors (Lipinski definition) is 5. The van der Waals surface area contributed by atoms with Gasteiger partial charge in [-0.2, -0.15) is 0 Å². The van der Waals surface area contributed by atoms with Crippen molar-refractivity contribution in [1.29, 1.82) is 0 Å². The highest BCUT2D eigenvalue weighted by atomic mass is 32.2. The van der Waals surface area contributed by atoms with Gasteiger partial charge in [0.25, 0.3) is 0 Å². The number of rotatable bonds is 6. The molecule has 0 aliphatic heterocycles. The quantitative estimate of drug-likeness (QED) is 0.463. The Morgan fingerprint density at radius 1 is 1.00 bits per heavy atom. The van der Waals surface area contributed by atoms with Gasteiger partial charge in [-0.25, -0.2) is 0 Å². The SMILES string of the molecule is Cc1ccc(-c2nnc(SCC(=O)Nc3cccnc3)n2-c2ccccc2)cc1C. The van der Waals surface area contributed by atoms with Crippen molar-refractivity contribution in [2.45, 2.75) is 19.0 Å². The third-order valence-electron chi connectivity index (χ3n) is 4.69. The number of anilines is 1. The Balaban J connectivity index is 1.62. The molecule has 7 heteroatoms. The maximum absolute atomic E-state index is 12.4. The normalized spacial score (nSPS) is 10.7. The molecule has 0 saturated heterocycles. The molecule has 0 saturated carbocycles. The number of carbonyl (C=O) groups excluding carboxylic acids is 1. The van der Waals surface area contributed by atoms with Crippen molar-refractivity contribution in [3.63, 3.8) is 0 Å². The first-order valence-corrected chi connectivity index (χ1v) is 10.5. The zero-order chi connectivity index (χ0) is 20.9. The Morgan fingerprint density at radius 3 is 2.57 bits per heavy atom. The van der Waals surface area contributed by atoms with Gasteiger partial charge in [0, 0.05) is 17.4 Å². The molecule has 0 aliphatic carbocycles. The van der Waals surface area contributed by atoms with Crippen LogP contribution >= 0.6 is 11.8 Å². The molecular formula is C23H21N5OS. The summed E-state index contributed by atoms with van der Waals surface area (Å²) < 4.78 is 1.99. The summed E-state index contributed by atoms with van der Waals surface area (Å²) in [5.74, 6) is 0.843. The average molecular weight is 416 g/mol. The second-order valence-corrected chi connectivity index (χ2v) is 7.80. The van der Waals surface area contributed by atoms with E-state index in [1.165, 1.54) is 22.9 Å². The number of para-hydroxylation sites is 1. The van der Waals surface area contributed by atoms with Gasteiger partial charge >= 0.3 is 0 Å². The van der Waals surface area contributed by atoms with Gasteiger partial charge in [0.15, 0.2) is 11.0 Å². The highest BCUT2D eigenvalue weighted by Gasteiger charge is 2.17. The lowest BCUT2D eigenvalue weighted by molar-refractivity contribution is -0.113. The number of carbonyl (C=O) groups is 1. The smallest absolute Gasteiger partial charge is 0.234 e. The number of nitrogens with zero attached hydrogens (tertiary/aromatic N) is 4. The number of benzene rings is 2. The highest BCUT2D eigenvalue weighted by Crippen LogP contribution is 2.29. The van der Waals surface area contributed by atoms with Crippen LogP contribution in [0, 0.1) is 13.8 Å². The summed E-state index contributed by atoms with van der Waals surface area (Å²) in [6, 6.07) is 19.8. The minimum Gasteiger partial charge on any atom is -0.324 e. The molecule has 2 aromatic heterocycles. The Labute approximate surface area is 179 Å². The predicted molar refractivity (Wildman–Crippen MR) is 120 cm³/mol. The molecule has 0 unspecified atom stereocenters. The lowest BCUT2D eigenvalue weighted by Gasteiger charge is -2.11. The second kappa shape index (κ2) is 8.92. The number of aromatic nitrogens is 4. The van der Waals surface area contributed by atoms with Gasteiger partial charge in [-0.15, -0.1) is 10.2 Å². The van der Waals surface area contributed by atoms with Crippen molar-refractivity contribution in [2.24, 2.45) is 0 Å². The molecule has 2 aromatic carbocycles. The number of amides is 1. The third-order valence-corrected chi connectivity index (χ3v) is 5.62. The molecule has 4 aromatic rings. The molecule has 30 heavy (non-hydrogen) atoms. The Kier molecular flexibility index (Phi) is 5.90. The fourth-order valence-corrected chi connectivity index (χ4v) is 3.76. The Hall–Kier alpha value is -3.45. The van der Waals surface area contributed by atoms with E-state index in [1.807, 2.05) is 34.9 Å². The van der Waals surface area contributed by atoms with Crippen molar-refractivity contribution in [2.75, 3.05) is 11.1 Å². The van der Waals surface area contributed by atoms with Crippen molar-refractivity contribution in [3.8, 4) is 17.1 Å². The van der Waals surface area contributed by atoms with Crippen LogP contribution in [0.3, 0.4) is 0 Å². The first-order chi connectivity index (χ1) is 14.6. The highest BCUT2D eigenvalue weighted by molar-refractivity contribution is 7.99. The summed E-state index contributed by atoms with van der Waals surface area (Å²) in [4.78, 5) is 16.4. The van der Waals surface area contributed by atoms with Gasteiger partial charge in [0.05, 0.1) is 17.6 Å². The summed E-state index contributed by atoms with van der Waals surface area (Å²) in [6.07, 6.45) is 3.29. The van der Waals surface area contributed by atoms with E-state index in [1.54, 1.807) is 24.5 Å². The molecule has 0 aliphatic rings. The van der Waals surface area contributed by atoms with Crippen LogP contribution in [-0.2, 0) is 4.79 Å². The molecular weight excluding hydrogens is 394 g/mol. The van der Waals surface area contributed by atoms with Crippen LogP contribution in [0.1, 0.15) is 11.1 Å². The van der Waals surface area contributed by atoms with Crippen LogP contribution < -0.4 is 5.32 Å². The minimum absolute atomic E-state index is 0.122. The van der Waals surface area contributed by atoms with Gasteiger partial charge in [0.2, 0.25) is 5.91 Å². The van der Waals surface area contributed by atoms with Gasteiger partial charge in [-0.3, -0.25) is 14.3 Å². The van der Waals surface area contributed by atoms with Crippen LogP contribution in [-0.4, -0.2) is 31.4 Å². The van der Waals surface area contributed by atoms with Crippen LogP contribution in [0.15, 0.2) is 78.2 Å². The summed E-state index contributed by atoms with van der Waals surface area (Å²) in [7, 11) is 0.